The molecule has 1 heterocycles. The highest BCUT2D eigenvalue weighted by Crippen LogP contribution is 2.39. The minimum atomic E-state index is 0.133. The number of halogens is 2. The van der Waals surface area contributed by atoms with Crippen LogP contribution in [0.4, 0.5) is 0 Å². The van der Waals surface area contributed by atoms with Crippen molar-refractivity contribution in [1.29, 1.82) is 0 Å². The van der Waals surface area contributed by atoms with Crippen molar-refractivity contribution in [3.8, 4) is 28.1 Å². The van der Waals surface area contributed by atoms with Gasteiger partial charge in [-0.3, -0.25) is 0 Å². The first-order valence-electron chi connectivity index (χ1n) is 11.2. The monoisotopic (exact) mass is 487 g/mol. The van der Waals surface area contributed by atoms with Gasteiger partial charge in [-0.05, 0) is 52.2 Å². The van der Waals surface area contributed by atoms with Gasteiger partial charge in [0.15, 0.2) is 0 Å². The average Bonchev–Trinajstić information content (AvgIpc) is 3.26. The molecule has 1 aromatic heterocycles. The van der Waals surface area contributed by atoms with Crippen molar-refractivity contribution in [2.24, 2.45) is 0 Å². The van der Waals surface area contributed by atoms with Crippen LogP contribution in [0.5, 0.6) is 5.75 Å². The van der Waals surface area contributed by atoms with Gasteiger partial charge in [0.05, 0.1) is 15.6 Å². The zero-order chi connectivity index (χ0) is 23.7. The molecule has 0 amide bonds. The number of ether oxygens (including phenoxy) is 1. The fourth-order valence-corrected chi connectivity index (χ4v) is 4.69. The number of nitrogens with zero attached hydrogens (tertiary/aromatic N) is 1. The SMILES string of the molecule is CC(C)c1onc(-c2c(Cl)cccc2Cl)c1COc1ccc2cc(-c3ccccc3)ccc2c1. The highest BCUT2D eigenvalue weighted by atomic mass is 35.5. The van der Waals surface area contributed by atoms with E-state index in [0.29, 0.717) is 27.9 Å². The maximum atomic E-state index is 6.46. The second kappa shape index (κ2) is 9.54. The lowest BCUT2D eigenvalue weighted by atomic mass is 10.0. The van der Waals surface area contributed by atoms with Gasteiger partial charge in [0.2, 0.25) is 0 Å². The van der Waals surface area contributed by atoms with Crippen molar-refractivity contribution in [3.05, 3.63) is 106 Å². The number of hydrogen-bond acceptors (Lipinski definition) is 3. The Bertz CT molecular complexity index is 1440. The predicted octanol–water partition coefficient (Wildman–Crippen LogP) is 9.17. The molecule has 0 atom stereocenters. The first kappa shape index (κ1) is 22.5. The Morgan fingerprint density at radius 2 is 1.50 bits per heavy atom. The quantitative estimate of drug-likeness (QED) is 0.239. The summed E-state index contributed by atoms with van der Waals surface area (Å²) in [6, 6.07) is 28.3. The van der Waals surface area contributed by atoms with Gasteiger partial charge < -0.3 is 9.26 Å². The van der Waals surface area contributed by atoms with Crippen LogP contribution in [0.1, 0.15) is 31.1 Å². The Balaban J connectivity index is 1.44. The van der Waals surface area contributed by atoms with Crippen LogP contribution < -0.4 is 4.74 Å². The molecule has 4 aromatic carbocycles. The van der Waals surface area contributed by atoms with E-state index in [2.05, 4.69) is 73.6 Å². The van der Waals surface area contributed by atoms with E-state index < -0.39 is 0 Å². The second-order valence-electron chi connectivity index (χ2n) is 8.50. The number of rotatable bonds is 6. The summed E-state index contributed by atoms with van der Waals surface area (Å²) in [5.41, 5.74) is 4.52. The van der Waals surface area contributed by atoms with Gasteiger partial charge in [-0.2, -0.15) is 0 Å². The van der Waals surface area contributed by atoms with Crippen LogP contribution in [0.15, 0.2) is 89.5 Å². The Hall–Kier alpha value is -3.27. The van der Waals surface area contributed by atoms with Crippen molar-refractivity contribution in [1.82, 2.24) is 5.16 Å². The van der Waals surface area contributed by atoms with Crippen molar-refractivity contribution in [2.75, 3.05) is 0 Å². The third kappa shape index (κ3) is 4.42. The smallest absolute Gasteiger partial charge is 0.146 e. The Morgan fingerprint density at radius 3 is 2.24 bits per heavy atom. The molecule has 3 nitrogen and oxygen atoms in total. The lowest BCUT2D eigenvalue weighted by molar-refractivity contribution is 0.299. The number of fused-ring (bicyclic) bond motifs is 1. The largest absolute Gasteiger partial charge is 0.489 e. The van der Waals surface area contributed by atoms with Gasteiger partial charge in [0.25, 0.3) is 0 Å². The molecule has 0 aliphatic heterocycles. The predicted molar refractivity (Wildman–Crippen MR) is 140 cm³/mol. The Morgan fingerprint density at radius 1 is 0.794 bits per heavy atom. The topological polar surface area (TPSA) is 35.3 Å². The van der Waals surface area contributed by atoms with Crippen LogP contribution in [0, 0.1) is 0 Å². The van der Waals surface area contributed by atoms with Gasteiger partial charge in [-0.1, -0.05) is 96.8 Å². The molecule has 0 fully saturated rings. The lowest BCUT2D eigenvalue weighted by Gasteiger charge is -2.11. The third-order valence-electron chi connectivity index (χ3n) is 5.84. The van der Waals surface area contributed by atoms with E-state index in [0.717, 1.165) is 27.8 Å². The molecule has 170 valence electrons. The first-order valence-corrected chi connectivity index (χ1v) is 11.9. The minimum absolute atomic E-state index is 0.133. The summed E-state index contributed by atoms with van der Waals surface area (Å²) in [5, 5.41) is 7.63. The van der Waals surface area contributed by atoms with Gasteiger partial charge in [0.1, 0.15) is 23.8 Å². The van der Waals surface area contributed by atoms with Crippen LogP contribution in [-0.2, 0) is 6.61 Å². The number of benzene rings is 4. The molecule has 5 rings (SSSR count). The van der Waals surface area contributed by atoms with Gasteiger partial charge in [-0.25, -0.2) is 0 Å². The van der Waals surface area contributed by atoms with E-state index >= 15 is 0 Å². The van der Waals surface area contributed by atoms with Crippen LogP contribution >= 0.6 is 23.2 Å². The van der Waals surface area contributed by atoms with E-state index in [9.17, 15) is 0 Å². The second-order valence-corrected chi connectivity index (χ2v) is 9.32. The average molecular weight is 488 g/mol. The first-order chi connectivity index (χ1) is 16.5. The molecule has 5 aromatic rings. The number of aromatic nitrogens is 1. The molecule has 0 N–H and O–H groups in total. The van der Waals surface area contributed by atoms with E-state index in [4.69, 9.17) is 32.5 Å². The minimum Gasteiger partial charge on any atom is -0.489 e. The van der Waals surface area contributed by atoms with E-state index in [1.165, 1.54) is 11.1 Å². The zero-order valence-electron chi connectivity index (χ0n) is 18.9. The molecule has 0 radical (unpaired) electrons. The van der Waals surface area contributed by atoms with Crippen molar-refractivity contribution in [2.45, 2.75) is 26.4 Å². The molecule has 0 spiro atoms. The molecule has 0 bridgehead atoms. The van der Waals surface area contributed by atoms with Crippen molar-refractivity contribution >= 4 is 34.0 Å². The molecule has 34 heavy (non-hydrogen) atoms. The summed E-state index contributed by atoms with van der Waals surface area (Å²) in [7, 11) is 0. The number of hydrogen-bond donors (Lipinski definition) is 0. The molecule has 0 saturated heterocycles. The van der Waals surface area contributed by atoms with Crippen molar-refractivity contribution in [3.63, 3.8) is 0 Å². The van der Waals surface area contributed by atoms with E-state index in [1.54, 1.807) is 12.1 Å². The Labute approximate surface area is 208 Å². The molecule has 0 aliphatic carbocycles. The summed E-state index contributed by atoms with van der Waals surface area (Å²) < 4.78 is 11.9. The molecule has 0 unspecified atom stereocenters. The highest BCUT2D eigenvalue weighted by Gasteiger charge is 2.23. The summed E-state index contributed by atoms with van der Waals surface area (Å²) in [6.45, 7) is 4.41. The standard InChI is InChI=1S/C29H23Cl2NO2/c1-18(2)29-24(28(32-34-29)27-25(30)9-6-10-26(27)31)17-33-23-14-13-21-15-20(11-12-22(21)16-23)19-7-4-3-5-8-19/h3-16,18H,17H2,1-2H3. The van der Waals surface area contributed by atoms with Gasteiger partial charge in [0, 0.05) is 11.5 Å². The highest BCUT2D eigenvalue weighted by molar-refractivity contribution is 6.39. The molecular formula is C29H23Cl2NO2. The van der Waals surface area contributed by atoms with E-state index in [-0.39, 0.29) is 5.92 Å². The molecule has 0 aliphatic rings. The molecule has 0 saturated carbocycles. The van der Waals surface area contributed by atoms with Crippen molar-refractivity contribution < 1.29 is 9.26 Å². The molecular weight excluding hydrogens is 465 g/mol. The summed E-state index contributed by atoms with van der Waals surface area (Å²) >= 11 is 12.9. The maximum Gasteiger partial charge on any atom is 0.146 e. The maximum absolute atomic E-state index is 6.46. The fourth-order valence-electron chi connectivity index (χ4n) is 4.11. The van der Waals surface area contributed by atoms with Gasteiger partial charge >= 0.3 is 0 Å². The summed E-state index contributed by atoms with van der Waals surface area (Å²) in [5.74, 6) is 1.67. The summed E-state index contributed by atoms with van der Waals surface area (Å²) in [4.78, 5) is 0. The summed E-state index contributed by atoms with van der Waals surface area (Å²) in [6.07, 6.45) is 0. The van der Waals surface area contributed by atoms with Crippen LogP contribution in [0.2, 0.25) is 10.0 Å². The van der Waals surface area contributed by atoms with Crippen LogP contribution in [0.3, 0.4) is 0 Å². The molecule has 5 heteroatoms. The van der Waals surface area contributed by atoms with E-state index in [1.807, 2.05) is 18.2 Å². The third-order valence-corrected chi connectivity index (χ3v) is 6.47. The zero-order valence-corrected chi connectivity index (χ0v) is 20.4. The Kier molecular flexibility index (Phi) is 6.32. The van der Waals surface area contributed by atoms with Gasteiger partial charge in [-0.15, -0.1) is 0 Å². The normalized spacial score (nSPS) is 11.3. The van der Waals surface area contributed by atoms with Crippen LogP contribution in [-0.4, -0.2) is 5.16 Å². The lowest BCUT2D eigenvalue weighted by Crippen LogP contribution is -2.01. The van der Waals surface area contributed by atoms with Crippen LogP contribution in [0.25, 0.3) is 33.2 Å². The fraction of sp³-hybridized carbons (Fsp3) is 0.138.